The highest BCUT2D eigenvalue weighted by atomic mass is 16.5. The Morgan fingerprint density at radius 3 is 2.18 bits per heavy atom. The number of rotatable bonds is 7. The normalized spacial score (nSPS) is 9.06. The van der Waals surface area contributed by atoms with Gasteiger partial charge in [-0.1, -0.05) is 57.2 Å². The van der Waals surface area contributed by atoms with Crippen LogP contribution in [0.5, 0.6) is 0 Å². The van der Waals surface area contributed by atoms with Crippen LogP contribution in [0.3, 0.4) is 0 Å². The number of allylic oxidation sites excluding steroid dienone is 4. The number of unbranched alkanes of at least 4 members (excludes halogenated alkanes) is 2. The molecule has 17 heavy (non-hydrogen) atoms. The largest absolute Gasteiger partial charge is 0.450 e. The highest BCUT2D eigenvalue weighted by molar-refractivity contribution is 5.66. The van der Waals surface area contributed by atoms with Gasteiger partial charge in [0.2, 0.25) is 0 Å². The van der Waals surface area contributed by atoms with Crippen LogP contribution in [0, 0.1) is 0 Å². The number of carbonyl (C=O) groups excluding carboxylic acids is 1. The van der Waals surface area contributed by atoms with Crippen LogP contribution >= 0.6 is 0 Å². The zero-order valence-electron chi connectivity index (χ0n) is 11.1. The number of amides is 1. The molecule has 98 valence electrons. The molecule has 0 radical (unpaired) electrons. The van der Waals surface area contributed by atoms with E-state index in [1.807, 2.05) is 12.2 Å². The van der Waals surface area contributed by atoms with E-state index in [1.54, 1.807) is 19.1 Å². The molecule has 0 aliphatic heterocycles. The Bertz CT molecular complexity index is 212. The molecular formula is C14H25NO2. The monoisotopic (exact) mass is 239 g/mol. The standard InChI is InChI=1S/C8H17NO2.C6H8/c1-3-5-6-7-9-8(10)11-4-2;1-3-5-6-4-2/h3-7H2,1-2H3,(H,9,10);3-6H,1-2H2/b;6-5-. The SMILES string of the molecule is C=C/C=C\C=C.CCCCCNC(=O)OCC. The Labute approximate surface area is 105 Å². The molecule has 0 aromatic carbocycles. The van der Waals surface area contributed by atoms with Crippen LogP contribution in [-0.4, -0.2) is 19.2 Å². The van der Waals surface area contributed by atoms with E-state index in [1.165, 1.54) is 6.42 Å². The van der Waals surface area contributed by atoms with Crippen LogP contribution in [0.25, 0.3) is 0 Å². The molecule has 0 aliphatic rings. The summed E-state index contributed by atoms with van der Waals surface area (Å²) in [6.45, 7) is 12.0. The van der Waals surface area contributed by atoms with Crippen LogP contribution in [0.2, 0.25) is 0 Å². The third kappa shape index (κ3) is 20.5. The molecule has 3 nitrogen and oxygen atoms in total. The van der Waals surface area contributed by atoms with Gasteiger partial charge >= 0.3 is 6.09 Å². The zero-order chi connectivity index (χ0) is 13.4. The summed E-state index contributed by atoms with van der Waals surface area (Å²) in [5.74, 6) is 0. The van der Waals surface area contributed by atoms with E-state index in [-0.39, 0.29) is 6.09 Å². The number of alkyl carbamates (subject to hydrolysis) is 1. The van der Waals surface area contributed by atoms with Crippen molar-refractivity contribution in [3.8, 4) is 0 Å². The maximum absolute atomic E-state index is 10.7. The van der Waals surface area contributed by atoms with Gasteiger partial charge in [0.25, 0.3) is 0 Å². The Kier molecular flexibility index (Phi) is 17.8. The van der Waals surface area contributed by atoms with E-state index < -0.39 is 0 Å². The first kappa shape index (κ1) is 17.9. The molecular weight excluding hydrogens is 214 g/mol. The van der Waals surface area contributed by atoms with Crippen molar-refractivity contribution >= 4 is 6.09 Å². The summed E-state index contributed by atoms with van der Waals surface area (Å²) in [5.41, 5.74) is 0. The third-order valence-electron chi connectivity index (χ3n) is 1.71. The van der Waals surface area contributed by atoms with Crippen molar-refractivity contribution in [1.29, 1.82) is 0 Å². The molecule has 0 spiro atoms. The predicted molar refractivity (Wildman–Crippen MR) is 74.1 cm³/mol. The molecule has 0 aromatic rings. The van der Waals surface area contributed by atoms with Crippen LogP contribution in [-0.2, 0) is 4.74 Å². The molecule has 0 unspecified atom stereocenters. The Balaban J connectivity index is 0. The lowest BCUT2D eigenvalue weighted by molar-refractivity contribution is 0.152. The van der Waals surface area contributed by atoms with E-state index in [9.17, 15) is 4.79 Å². The second-order valence-corrected chi connectivity index (χ2v) is 3.21. The quantitative estimate of drug-likeness (QED) is 0.541. The van der Waals surface area contributed by atoms with E-state index in [0.29, 0.717) is 6.61 Å². The van der Waals surface area contributed by atoms with Crippen LogP contribution in [0.15, 0.2) is 37.5 Å². The lowest BCUT2D eigenvalue weighted by atomic mass is 10.2. The predicted octanol–water partition coefficient (Wildman–Crippen LogP) is 3.84. The van der Waals surface area contributed by atoms with Crippen molar-refractivity contribution < 1.29 is 9.53 Å². The Morgan fingerprint density at radius 2 is 1.76 bits per heavy atom. The fraction of sp³-hybridized carbons (Fsp3) is 0.500. The smallest absolute Gasteiger partial charge is 0.407 e. The molecule has 3 heteroatoms. The number of nitrogens with one attached hydrogen (secondary N) is 1. The molecule has 0 bridgehead atoms. The van der Waals surface area contributed by atoms with E-state index >= 15 is 0 Å². The van der Waals surface area contributed by atoms with Gasteiger partial charge in [-0.25, -0.2) is 4.79 Å². The first-order chi connectivity index (χ1) is 8.22. The van der Waals surface area contributed by atoms with Crippen molar-refractivity contribution in [3.05, 3.63) is 37.5 Å². The molecule has 1 amide bonds. The van der Waals surface area contributed by atoms with Gasteiger partial charge in [0.05, 0.1) is 6.61 Å². The first-order valence-corrected chi connectivity index (χ1v) is 6.03. The van der Waals surface area contributed by atoms with Crippen molar-refractivity contribution in [2.24, 2.45) is 0 Å². The van der Waals surface area contributed by atoms with Gasteiger partial charge in [-0.3, -0.25) is 0 Å². The van der Waals surface area contributed by atoms with Gasteiger partial charge in [0, 0.05) is 6.54 Å². The van der Waals surface area contributed by atoms with Gasteiger partial charge in [-0.15, -0.1) is 0 Å². The number of hydrogen-bond donors (Lipinski definition) is 1. The van der Waals surface area contributed by atoms with Crippen molar-refractivity contribution in [2.45, 2.75) is 33.1 Å². The first-order valence-electron chi connectivity index (χ1n) is 6.03. The molecule has 0 saturated heterocycles. The molecule has 0 atom stereocenters. The van der Waals surface area contributed by atoms with Gasteiger partial charge in [0.1, 0.15) is 0 Å². The summed E-state index contributed by atoms with van der Waals surface area (Å²) < 4.78 is 4.67. The van der Waals surface area contributed by atoms with Gasteiger partial charge in [-0.2, -0.15) is 0 Å². The van der Waals surface area contributed by atoms with E-state index in [0.717, 1.165) is 19.4 Å². The summed E-state index contributed by atoms with van der Waals surface area (Å²) in [7, 11) is 0. The summed E-state index contributed by atoms with van der Waals surface area (Å²) in [5, 5.41) is 2.66. The Hall–Kier alpha value is -1.51. The second-order valence-electron chi connectivity index (χ2n) is 3.21. The van der Waals surface area contributed by atoms with Crippen molar-refractivity contribution in [2.75, 3.05) is 13.2 Å². The van der Waals surface area contributed by atoms with Crippen LogP contribution in [0.4, 0.5) is 4.79 Å². The maximum Gasteiger partial charge on any atom is 0.407 e. The van der Waals surface area contributed by atoms with Crippen molar-refractivity contribution in [3.63, 3.8) is 0 Å². The molecule has 0 rings (SSSR count). The minimum absolute atomic E-state index is 0.302. The number of ether oxygens (including phenoxy) is 1. The highest BCUT2D eigenvalue weighted by Crippen LogP contribution is 1.91. The lowest BCUT2D eigenvalue weighted by Gasteiger charge is -2.03. The van der Waals surface area contributed by atoms with Crippen LogP contribution in [0.1, 0.15) is 33.1 Å². The lowest BCUT2D eigenvalue weighted by Crippen LogP contribution is -2.25. The molecule has 0 aromatic heterocycles. The maximum atomic E-state index is 10.7. The minimum Gasteiger partial charge on any atom is -0.450 e. The summed E-state index contributed by atoms with van der Waals surface area (Å²) >= 11 is 0. The van der Waals surface area contributed by atoms with Gasteiger partial charge in [0.15, 0.2) is 0 Å². The van der Waals surface area contributed by atoms with Crippen molar-refractivity contribution in [1.82, 2.24) is 5.32 Å². The minimum atomic E-state index is -0.302. The average Bonchev–Trinajstić information content (AvgIpc) is 2.33. The molecule has 0 saturated carbocycles. The van der Waals surface area contributed by atoms with Gasteiger partial charge < -0.3 is 10.1 Å². The molecule has 0 aliphatic carbocycles. The van der Waals surface area contributed by atoms with Crippen LogP contribution < -0.4 is 5.32 Å². The summed E-state index contributed by atoms with van der Waals surface area (Å²) in [6, 6.07) is 0. The van der Waals surface area contributed by atoms with E-state index in [2.05, 4.69) is 30.1 Å². The summed E-state index contributed by atoms with van der Waals surface area (Å²) in [6.07, 6.45) is 10.1. The Morgan fingerprint density at radius 1 is 1.18 bits per heavy atom. The number of hydrogen-bond acceptors (Lipinski definition) is 2. The molecule has 1 N–H and O–H groups in total. The molecule has 0 heterocycles. The average molecular weight is 239 g/mol. The fourth-order valence-electron chi connectivity index (χ4n) is 0.905. The van der Waals surface area contributed by atoms with E-state index in [4.69, 9.17) is 0 Å². The third-order valence-corrected chi connectivity index (χ3v) is 1.71. The van der Waals surface area contributed by atoms with Gasteiger partial charge in [-0.05, 0) is 13.3 Å². The number of carbonyl (C=O) groups is 1. The molecule has 0 fully saturated rings. The topological polar surface area (TPSA) is 38.3 Å². The zero-order valence-corrected chi connectivity index (χ0v) is 11.1. The highest BCUT2D eigenvalue weighted by Gasteiger charge is 1.96. The summed E-state index contributed by atoms with van der Waals surface area (Å²) in [4.78, 5) is 10.7. The second kappa shape index (κ2) is 16.9. The fourth-order valence-corrected chi connectivity index (χ4v) is 0.905.